The van der Waals surface area contributed by atoms with E-state index in [4.69, 9.17) is 10.1 Å². The van der Waals surface area contributed by atoms with Crippen LogP contribution < -0.4 is 9.62 Å². The van der Waals surface area contributed by atoms with E-state index in [-0.39, 0.29) is 16.9 Å². The van der Waals surface area contributed by atoms with Gasteiger partial charge >= 0.3 is 0 Å². The highest BCUT2D eigenvalue weighted by molar-refractivity contribution is 7.91. The van der Waals surface area contributed by atoms with Gasteiger partial charge in [-0.15, -0.1) is 10.2 Å². The number of fused-ring (bicyclic) bond motifs is 1. The number of aliphatic imine (C=N–C) groups is 1. The van der Waals surface area contributed by atoms with Crippen molar-refractivity contribution in [2.75, 3.05) is 42.3 Å². The maximum Gasteiger partial charge on any atom is 0.208 e. The number of hydrogen-bond donors (Lipinski definition) is 1. The second-order valence-corrected chi connectivity index (χ2v) is 18.2. The first kappa shape index (κ1) is 40.8. The summed E-state index contributed by atoms with van der Waals surface area (Å²) in [6, 6.07) is 6.03. The summed E-state index contributed by atoms with van der Waals surface area (Å²) in [4.78, 5) is 7.20. The molecule has 2 heterocycles. The third-order valence-corrected chi connectivity index (χ3v) is 12.0. The van der Waals surface area contributed by atoms with Crippen LogP contribution in [0.25, 0.3) is 0 Å². The van der Waals surface area contributed by atoms with Crippen LogP contribution in [-0.4, -0.2) is 80.5 Å². The van der Waals surface area contributed by atoms with E-state index in [1.54, 1.807) is 4.68 Å². The van der Waals surface area contributed by atoms with Gasteiger partial charge in [-0.3, -0.25) is 0 Å². The van der Waals surface area contributed by atoms with Gasteiger partial charge in [0.25, 0.3) is 0 Å². The van der Waals surface area contributed by atoms with Crippen molar-refractivity contribution in [3.05, 3.63) is 35.4 Å². The lowest BCUT2D eigenvalue weighted by molar-refractivity contribution is 0.505. The number of likely N-dealkylation sites (N-methyl/N-ethyl adjacent to an activating group) is 1. The van der Waals surface area contributed by atoms with Crippen LogP contribution in [0.2, 0.25) is 0 Å². The van der Waals surface area contributed by atoms with Crippen molar-refractivity contribution in [3.8, 4) is 0 Å². The molecule has 0 atom stereocenters. The molecule has 13 heteroatoms. The van der Waals surface area contributed by atoms with Crippen LogP contribution in [0.4, 0.5) is 11.4 Å². The summed E-state index contributed by atoms with van der Waals surface area (Å²) in [5, 5.41) is 13.9. The molecule has 49 heavy (non-hydrogen) atoms. The largest absolute Gasteiger partial charge is 0.370 e. The standard InChI is InChI=1S/C36H61N7O4S2/c1-8-11-12-13-14-15-16-17-18-19-26-49(46,47)27-20-21-32-39-40-35-33(34(41-43(32)35)36(5,6)9-2)38-31-23-22-30(28-29(31)4)42(10-3)25-24-37-48(7,44)45/h22-23,28,37H,8-21,24-27H2,1-7H3. The number of benzene rings is 1. The van der Waals surface area contributed by atoms with E-state index in [2.05, 4.69) is 53.6 Å². The summed E-state index contributed by atoms with van der Waals surface area (Å²) in [7, 11) is -6.37. The number of anilines is 1. The van der Waals surface area contributed by atoms with Gasteiger partial charge in [0.2, 0.25) is 15.8 Å². The van der Waals surface area contributed by atoms with Crippen LogP contribution in [-0.2, 0) is 26.3 Å². The Bertz CT molecular complexity index is 1630. The first-order valence-corrected chi connectivity index (χ1v) is 22.1. The SMILES string of the molecule is CCCCCCCCCCCCS(=O)(=O)CCCc1nnc2n1N=C(C(C)(C)CC)C2=Nc1ccc(N(CC)CCNS(C)(=O)=O)cc1C. The van der Waals surface area contributed by atoms with E-state index in [0.717, 1.165) is 61.1 Å². The highest BCUT2D eigenvalue weighted by Crippen LogP contribution is 2.32. The fourth-order valence-electron chi connectivity index (χ4n) is 5.98. The lowest BCUT2D eigenvalue weighted by atomic mass is 9.82. The minimum Gasteiger partial charge on any atom is -0.370 e. The van der Waals surface area contributed by atoms with Gasteiger partial charge in [-0.25, -0.2) is 26.6 Å². The Morgan fingerprint density at radius 3 is 2.10 bits per heavy atom. The van der Waals surface area contributed by atoms with Gasteiger partial charge in [-0.2, -0.15) is 9.78 Å². The lowest BCUT2D eigenvalue weighted by Gasteiger charge is -2.24. The van der Waals surface area contributed by atoms with Gasteiger partial charge in [-0.1, -0.05) is 85.5 Å². The topological polar surface area (TPSA) is 139 Å². The maximum atomic E-state index is 12.8. The minimum atomic E-state index is -3.25. The van der Waals surface area contributed by atoms with Crippen LogP contribution in [0.3, 0.4) is 0 Å². The zero-order chi connectivity index (χ0) is 36.1. The molecular formula is C36H61N7O4S2. The molecule has 0 saturated carbocycles. The molecule has 0 spiro atoms. The average Bonchev–Trinajstić information content (AvgIpc) is 3.61. The molecule has 276 valence electrons. The number of aryl methyl sites for hydroxylation is 2. The Morgan fingerprint density at radius 2 is 1.51 bits per heavy atom. The molecule has 1 N–H and O–H groups in total. The number of aromatic nitrogens is 3. The van der Waals surface area contributed by atoms with E-state index < -0.39 is 19.9 Å². The Balaban J connectivity index is 1.64. The van der Waals surface area contributed by atoms with Crippen LogP contribution in [0.15, 0.2) is 28.3 Å². The lowest BCUT2D eigenvalue weighted by Crippen LogP contribution is -2.34. The molecule has 1 aliphatic heterocycles. The Hall–Kier alpha value is -2.64. The zero-order valence-corrected chi connectivity index (χ0v) is 32.7. The molecule has 1 aromatic carbocycles. The Morgan fingerprint density at radius 1 is 0.878 bits per heavy atom. The number of unbranched alkanes of at least 4 members (excludes halogenated alkanes) is 9. The summed E-state index contributed by atoms with van der Waals surface area (Å²) in [5.74, 6) is 1.60. The Labute approximate surface area is 296 Å². The summed E-state index contributed by atoms with van der Waals surface area (Å²) in [5.41, 5.74) is 4.00. The van der Waals surface area contributed by atoms with Crippen LogP contribution >= 0.6 is 0 Å². The van der Waals surface area contributed by atoms with E-state index in [1.807, 2.05) is 26.0 Å². The molecule has 0 fully saturated rings. The zero-order valence-electron chi connectivity index (χ0n) is 31.1. The van der Waals surface area contributed by atoms with Gasteiger partial charge in [-0.05, 0) is 56.9 Å². The molecule has 0 radical (unpaired) electrons. The van der Waals surface area contributed by atoms with Crippen molar-refractivity contribution >= 4 is 42.7 Å². The van der Waals surface area contributed by atoms with E-state index in [9.17, 15) is 16.8 Å². The van der Waals surface area contributed by atoms with Crippen molar-refractivity contribution in [2.45, 2.75) is 125 Å². The summed E-state index contributed by atoms with van der Waals surface area (Å²) in [6.45, 7) is 14.3. The molecule has 1 aliphatic rings. The molecule has 2 aromatic rings. The smallest absolute Gasteiger partial charge is 0.208 e. The number of sulfonamides is 1. The normalized spacial score (nSPS) is 14.4. The predicted molar refractivity (Wildman–Crippen MR) is 204 cm³/mol. The molecule has 0 saturated heterocycles. The van der Waals surface area contributed by atoms with Crippen molar-refractivity contribution in [1.82, 2.24) is 19.6 Å². The maximum absolute atomic E-state index is 12.8. The summed E-state index contributed by atoms with van der Waals surface area (Å²) < 4.78 is 52.9. The highest BCUT2D eigenvalue weighted by Gasteiger charge is 2.37. The van der Waals surface area contributed by atoms with E-state index >= 15 is 0 Å². The van der Waals surface area contributed by atoms with Crippen LogP contribution in [0, 0.1) is 12.3 Å². The third-order valence-electron chi connectivity index (χ3n) is 9.44. The molecule has 0 amide bonds. The molecule has 11 nitrogen and oxygen atoms in total. The number of sulfone groups is 1. The second kappa shape index (κ2) is 19.1. The van der Waals surface area contributed by atoms with Crippen molar-refractivity contribution in [1.29, 1.82) is 0 Å². The van der Waals surface area contributed by atoms with Crippen LogP contribution in [0.5, 0.6) is 0 Å². The molecule has 0 aliphatic carbocycles. The number of rotatable bonds is 24. The molecule has 1 aromatic heterocycles. The van der Waals surface area contributed by atoms with Gasteiger partial charge in [0, 0.05) is 37.2 Å². The quantitative estimate of drug-likeness (QED) is 0.115. The molecule has 0 bridgehead atoms. The van der Waals surface area contributed by atoms with E-state index in [1.165, 1.54) is 44.9 Å². The summed E-state index contributed by atoms with van der Waals surface area (Å²) >= 11 is 0. The molecule has 0 unspecified atom stereocenters. The van der Waals surface area contributed by atoms with Gasteiger partial charge < -0.3 is 4.90 Å². The second-order valence-electron chi connectivity index (χ2n) is 14.1. The van der Waals surface area contributed by atoms with Crippen molar-refractivity contribution < 1.29 is 16.8 Å². The predicted octanol–water partition coefficient (Wildman–Crippen LogP) is 7.01. The van der Waals surface area contributed by atoms with Crippen LogP contribution in [0.1, 0.15) is 129 Å². The monoisotopic (exact) mass is 719 g/mol. The van der Waals surface area contributed by atoms with Gasteiger partial charge in [0.15, 0.2) is 5.82 Å². The Kier molecular flexibility index (Phi) is 15.9. The molecular weight excluding hydrogens is 659 g/mol. The van der Waals surface area contributed by atoms with Gasteiger partial charge in [0.05, 0.1) is 29.2 Å². The first-order chi connectivity index (χ1) is 23.2. The van der Waals surface area contributed by atoms with E-state index in [0.29, 0.717) is 43.3 Å². The van der Waals surface area contributed by atoms with Crippen molar-refractivity contribution in [3.63, 3.8) is 0 Å². The fourth-order valence-corrected chi connectivity index (χ4v) is 7.87. The molecule has 3 rings (SSSR count). The highest BCUT2D eigenvalue weighted by atomic mass is 32.2. The number of nitrogens with zero attached hydrogens (tertiary/aromatic N) is 6. The number of nitrogens with one attached hydrogen (secondary N) is 1. The first-order valence-electron chi connectivity index (χ1n) is 18.3. The minimum absolute atomic E-state index is 0.134. The number of hydrogen-bond acceptors (Lipinski definition) is 9. The fraction of sp³-hybridized carbons (Fsp3) is 0.722. The van der Waals surface area contributed by atoms with Crippen molar-refractivity contribution in [2.24, 2.45) is 15.5 Å². The van der Waals surface area contributed by atoms with Gasteiger partial charge in [0.1, 0.15) is 15.5 Å². The summed E-state index contributed by atoms with van der Waals surface area (Å²) in [6.07, 6.45) is 14.7. The third kappa shape index (κ3) is 12.9. The average molecular weight is 720 g/mol.